The van der Waals surface area contributed by atoms with Crippen molar-refractivity contribution in [3.05, 3.63) is 18.0 Å². The molecule has 0 fully saturated rings. The van der Waals surface area contributed by atoms with Gasteiger partial charge in [0.1, 0.15) is 0 Å². The van der Waals surface area contributed by atoms with Crippen LogP contribution in [-0.4, -0.2) is 9.78 Å². The number of aryl methyl sites for hydroxylation is 1. The van der Waals surface area contributed by atoms with E-state index in [0.29, 0.717) is 5.92 Å². The van der Waals surface area contributed by atoms with Crippen molar-refractivity contribution < 1.29 is 0 Å². The highest BCUT2D eigenvalue weighted by molar-refractivity contribution is 5.11. The Kier molecular flexibility index (Phi) is 5.49. The Morgan fingerprint density at radius 2 is 2.00 bits per heavy atom. The first-order valence-corrected chi connectivity index (χ1v) is 6.17. The lowest BCUT2D eigenvalue weighted by molar-refractivity contribution is 0.319. The molecule has 1 aromatic heterocycles. The highest BCUT2D eigenvalue weighted by atomic mass is 15.3. The molecule has 1 unspecified atom stereocenters. The molecule has 3 N–H and O–H groups in total. The molecule has 92 valence electrons. The van der Waals surface area contributed by atoms with E-state index in [-0.39, 0.29) is 6.04 Å². The Labute approximate surface area is 98.2 Å². The molecule has 0 aliphatic carbocycles. The summed E-state index contributed by atoms with van der Waals surface area (Å²) in [5.41, 5.74) is 4.14. The molecule has 4 nitrogen and oxygen atoms in total. The van der Waals surface area contributed by atoms with E-state index in [4.69, 9.17) is 5.84 Å². The summed E-state index contributed by atoms with van der Waals surface area (Å²) in [6.45, 7) is 4.44. The van der Waals surface area contributed by atoms with Crippen LogP contribution in [0.5, 0.6) is 0 Å². The van der Waals surface area contributed by atoms with E-state index >= 15 is 0 Å². The molecule has 0 radical (unpaired) electrons. The lowest BCUT2D eigenvalue weighted by Crippen LogP contribution is -2.33. The Hall–Kier alpha value is -0.870. The first-order chi connectivity index (χ1) is 7.72. The second-order valence-electron chi connectivity index (χ2n) is 4.43. The maximum atomic E-state index is 5.69. The van der Waals surface area contributed by atoms with Crippen molar-refractivity contribution >= 4 is 0 Å². The lowest BCUT2D eigenvalue weighted by atomic mass is 9.88. The van der Waals surface area contributed by atoms with Crippen LogP contribution < -0.4 is 11.3 Å². The van der Waals surface area contributed by atoms with Gasteiger partial charge >= 0.3 is 0 Å². The fourth-order valence-corrected chi connectivity index (χ4v) is 2.32. The molecule has 16 heavy (non-hydrogen) atoms. The quantitative estimate of drug-likeness (QED) is 0.551. The van der Waals surface area contributed by atoms with Gasteiger partial charge in [-0.3, -0.25) is 16.0 Å². The third-order valence-electron chi connectivity index (χ3n) is 3.05. The number of aromatic nitrogens is 2. The smallest absolute Gasteiger partial charge is 0.0538 e. The van der Waals surface area contributed by atoms with Crippen molar-refractivity contribution in [1.82, 2.24) is 15.2 Å². The monoisotopic (exact) mass is 224 g/mol. The molecule has 1 heterocycles. The molecule has 0 aliphatic rings. The zero-order valence-corrected chi connectivity index (χ0v) is 10.6. The summed E-state index contributed by atoms with van der Waals surface area (Å²) < 4.78 is 1.83. The average Bonchev–Trinajstić information content (AvgIpc) is 2.67. The molecule has 1 rings (SSSR count). The fraction of sp³-hybridized carbons (Fsp3) is 0.750. The van der Waals surface area contributed by atoms with Crippen LogP contribution in [0.25, 0.3) is 0 Å². The van der Waals surface area contributed by atoms with Crippen molar-refractivity contribution in [3.8, 4) is 0 Å². The van der Waals surface area contributed by atoms with Crippen LogP contribution in [0.2, 0.25) is 0 Å². The number of rotatable bonds is 7. The summed E-state index contributed by atoms with van der Waals surface area (Å²) in [7, 11) is 1.94. The van der Waals surface area contributed by atoms with Gasteiger partial charge in [0.2, 0.25) is 0 Å². The normalized spacial score (nSPS) is 13.3. The van der Waals surface area contributed by atoms with Crippen LogP contribution in [0.3, 0.4) is 0 Å². The van der Waals surface area contributed by atoms with Gasteiger partial charge in [-0.05, 0) is 18.8 Å². The molecule has 0 bridgehead atoms. The van der Waals surface area contributed by atoms with Gasteiger partial charge in [0.25, 0.3) is 0 Å². The second kappa shape index (κ2) is 6.66. The summed E-state index contributed by atoms with van der Waals surface area (Å²) in [4.78, 5) is 0. The second-order valence-corrected chi connectivity index (χ2v) is 4.43. The van der Waals surface area contributed by atoms with Crippen molar-refractivity contribution in [3.63, 3.8) is 0 Å². The molecule has 0 aromatic carbocycles. The molecule has 0 aliphatic heterocycles. The highest BCUT2D eigenvalue weighted by Crippen LogP contribution is 2.28. The first-order valence-electron chi connectivity index (χ1n) is 6.17. The predicted octanol–water partition coefficient (Wildman–Crippen LogP) is 2.14. The van der Waals surface area contributed by atoms with E-state index in [1.54, 1.807) is 0 Å². The molecule has 0 saturated heterocycles. The number of hydrogen-bond acceptors (Lipinski definition) is 3. The lowest BCUT2D eigenvalue weighted by Gasteiger charge is -2.25. The van der Waals surface area contributed by atoms with E-state index < -0.39 is 0 Å². The zero-order chi connectivity index (χ0) is 12.0. The number of hydrogen-bond donors (Lipinski definition) is 2. The Morgan fingerprint density at radius 3 is 2.38 bits per heavy atom. The molecule has 1 atom stereocenters. The Balaban J connectivity index is 2.76. The van der Waals surface area contributed by atoms with Crippen molar-refractivity contribution in [2.75, 3.05) is 0 Å². The minimum absolute atomic E-state index is 0.230. The van der Waals surface area contributed by atoms with E-state index in [0.717, 1.165) is 0 Å². The summed E-state index contributed by atoms with van der Waals surface area (Å²) in [5.74, 6) is 6.29. The van der Waals surface area contributed by atoms with Gasteiger partial charge in [0, 0.05) is 18.8 Å². The zero-order valence-electron chi connectivity index (χ0n) is 10.6. The first kappa shape index (κ1) is 13.2. The summed E-state index contributed by atoms with van der Waals surface area (Å²) >= 11 is 0. The largest absolute Gasteiger partial charge is 0.275 e. The average molecular weight is 224 g/mol. The van der Waals surface area contributed by atoms with Gasteiger partial charge in [-0.2, -0.15) is 5.10 Å². The molecule has 1 aromatic rings. The van der Waals surface area contributed by atoms with Gasteiger partial charge in [-0.15, -0.1) is 0 Å². The standard InChI is InChI=1S/C12H24N4/c1-4-6-10(7-5-2)12(15-13)11-8-14-16(3)9-11/h8-10,12,15H,4-7,13H2,1-3H3. The molecule has 0 amide bonds. The van der Waals surface area contributed by atoms with Crippen LogP contribution in [0.4, 0.5) is 0 Å². The Bertz CT molecular complexity index is 289. The number of nitrogens with zero attached hydrogens (tertiary/aromatic N) is 2. The van der Waals surface area contributed by atoms with Crippen LogP contribution in [0.15, 0.2) is 12.4 Å². The van der Waals surface area contributed by atoms with Crippen LogP contribution in [-0.2, 0) is 7.05 Å². The highest BCUT2D eigenvalue weighted by Gasteiger charge is 2.21. The van der Waals surface area contributed by atoms with Gasteiger partial charge in [0.15, 0.2) is 0 Å². The van der Waals surface area contributed by atoms with E-state index in [2.05, 4.69) is 24.4 Å². The molecular formula is C12H24N4. The minimum Gasteiger partial charge on any atom is -0.275 e. The predicted molar refractivity (Wildman–Crippen MR) is 66.6 cm³/mol. The number of hydrazine groups is 1. The van der Waals surface area contributed by atoms with E-state index in [1.165, 1.54) is 31.2 Å². The van der Waals surface area contributed by atoms with Gasteiger partial charge in [-0.1, -0.05) is 26.7 Å². The van der Waals surface area contributed by atoms with Crippen molar-refractivity contribution in [2.24, 2.45) is 18.8 Å². The van der Waals surface area contributed by atoms with E-state index in [1.807, 2.05) is 24.1 Å². The van der Waals surface area contributed by atoms with Crippen molar-refractivity contribution in [2.45, 2.75) is 45.6 Å². The van der Waals surface area contributed by atoms with Crippen molar-refractivity contribution in [1.29, 1.82) is 0 Å². The maximum absolute atomic E-state index is 5.69. The molecule has 0 spiro atoms. The number of nitrogens with two attached hydrogens (primary N) is 1. The van der Waals surface area contributed by atoms with Gasteiger partial charge < -0.3 is 0 Å². The molecule has 4 heteroatoms. The molecular weight excluding hydrogens is 200 g/mol. The van der Waals surface area contributed by atoms with E-state index in [9.17, 15) is 0 Å². The number of nitrogens with one attached hydrogen (secondary N) is 1. The van der Waals surface area contributed by atoms with Crippen LogP contribution >= 0.6 is 0 Å². The SMILES string of the molecule is CCCC(CCC)C(NN)c1cnn(C)c1. The topological polar surface area (TPSA) is 55.9 Å². The molecule has 0 saturated carbocycles. The maximum Gasteiger partial charge on any atom is 0.0538 e. The van der Waals surface area contributed by atoms with Gasteiger partial charge in [-0.25, -0.2) is 0 Å². The van der Waals surface area contributed by atoms with Gasteiger partial charge in [0.05, 0.1) is 12.2 Å². The Morgan fingerprint density at radius 1 is 1.38 bits per heavy atom. The van der Waals surface area contributed by atoms with Crippen LogP contribution in [0, 0.1) is 5.92 Å². The third-order valence-corrected chi connectivity index (χ3v) is 3.05. The minimum atomic E-state index is 0.230. The third kappa shape index (κ3) is 3.32. The van der Waals surface area contributed by atoms with Crippen LogP contribution in [0.1, 0.15) is 51.1 Å². The summed E-state index contributed by atoms with van der Waals surface area (Å²) in [6.07, 6.45) is 8.76. The summed E-state index contributed by atoms with van der Waals surface area (Å²) in [6, 6.07) is 0.230. The fourth-order valence-electron chi connectivity index (χ4n) is 2.32. The summed E-state index contributed by atoms with van der Waals surface area (Å²) in [5, 5.41) is 4.21.